The van der Waals surface area contributed by atoms with Crippen molar-refractivity contribution in [2.75, 3.05) is 13.1 Å². The summed E-state index contributed by atoms with van der Waals surface area (Å²) in [5.41, 5.74) is 0.872. The van der Waals surface area contributed by atoms with E-state index < -0.39 is 0 Å². The zero-order valence-corrected chi connectivity index (χ0v) is 14.7. The maximum Gasteiger partial charge on any atom is 0.194 e. The largest absolute Gasteiger partial charge is 0.441 e. The van der Waals surface area contributed by atoms with Crippen molar-refractivity contribution in [1.82, 2.24) is 10.3 Å². The first-order valence-corrected chi connectivity index (χ1v) is 8.34. The summed E-state index contributed by atoms with van der Waals surface area (Å²) in [5.74, 6) is 2.16. The first kappa shape index (κ1) is 16.5. The molecule has 114 valence electrons. The molecule has 3 nitrogen and oxygen atoms in total. The first-order chi connectivity index (χ1) is 10.1. The van der Waals surface area contributed by atoms with Gasteiger partial charge in [0.05, 0.1) is 11.2 Å². The van der Waals surface area contributed by atoms with Crippen molar-refractivity contribution >= 4 is 27.5 Å². The van der Waals surface area contributed by atoms with E-state index >= 15 is 0 Å². The highest BCUT2D eigenvalue weighted by Gasteiger charge is 2.10. The Balaban J connectivity index is 1.89. The molecule has 1 heterocycles. The fourth-order valence-corrected chi connectivity index (χ4v) is 2.76. The van der Waals surface area contributed by atoms with E-state index in [9.17, 15) is 0 Å². The lowest BCUT2D eigenvalue weighted by Crippen LogP contribution is -2.21. The Kier molecular flexibility index (Phi) is 6.27. The van der Waals surface area contributed by atoms with Gasteiger partial charge < -0.3 is 9.73 Å². The molecular weight excluding hydrogens is 352 g/mol. The van der Waals surface area contributed by atoms with Crippen molar-refractivity contribution < 1.29 is 4.42 Å². The van der Waals surface area contributed by atoms with Crippen LogP contribution in [-0.2, 0) is 6.42 Å². The topological polar surface area (TPSA) is 38.1 Å². The predicted molar refractivity (Wildman–Crippen MR) is 90.7 cm³/mol. The summed E-state index contributed by atoms with van der Waals surface area (Å²) in [6.45, 7) is 6.44. The van der Waals surface area contributed by atoms with Crippen LogP contribution in [0.2, 0.25) is 5.02 Å². The van der Waals surface area contributed by atoms with E-state index in [0.29, 0.717) is 10.9 Å². The molecule has 0 unspecified atom stereocenters. The summed E-state index contributed by atoms with van der Waals surface area (Å²) in [7, 11) is 0. The molecule has 2 aromatic rings. The lowest BCUT2D eigenvalue weighted by molar-refractivity contribution is 0.483. The molecule has 0 aliphatic heterocycles. The average Bonchev–Trinajstić information content (AvgIpc) is 2.86. The molecule has 2 rings (SSSR count). The van der Waals surface area contributed by atoms with Gasteiger partial charge in [-0.1, -0.05) is 41.4 Å². The zero-order valence-electron chi connectivity index (χ0n) is 12.3. The minimum atomic E-state index is 0.658. The number of aromatic nitrogens is 1. The van der Waals surface area contributed by atoms with Crippen LogP contribution in [0.4, 0.5) is 0 Å². The van der Waals surface area contributed by atoms with Gasteiger partial charge in [0.2, 0.25) is 0 Å². The fraction of sp³-hybridized carbons (Fsp3) is 0.438. The number of rotatable bonds is 7. The number of nitrogens with zero attached hydrogens (tertiary/aromatic N) is 1. The summed E-state index contributed by atoms with van der Waals surface area (Å²) in [6, 6.07) is 5.73. The van der Waals surface area contributed by atoms with E-state index in [0.717, 1.165) is 47.6 Å². The second-order valence-corrected chi connectivity index (χ2v) is 6.77. The van der Waals surface area contributed by atoms with Crippen LogP contribution in [0.15, 0.2) is 33.3 Å². The van der Waals surface area contributed by atoms with Crippen molar-refractivity contribution in [3.05, 3.63) is 39.8 Å². The fourth-order valence-electron chi connectivity index (χ4n) is 2.00. The molecule has 1 aromatic carbocycles. The number of halogens is 2. The molecular formula is C16H20BrClN2O. The molecule has 5 heteroatoms. The van der Waals surface area contributed by atoms with E-state index in [2.05, 4.69) is 40.1 Å². The van der Waals surface area contributed by atoms with Gasteiger partial charge in [0, 0.05) is 16.5 Å². The third kappa shape index (κ3) is 5.13. The lowest BCUT2D eigenvalue weighted by Gasteiger charge is -2.05. The maximum atomic E-state index is 6.22. The average molecular weight is 372 g/mol. The van der Waals surface area contributed by atoms with Crippen molar-refractivity contribution in [2.45, 2.75) is 26.7 Å². The Morgan fingerprint density at radius 2 is 2.19 bits per heavy atom. The molecule has 0 spiro atoms. The van der Waals surface area contributed by atoms with Gasteiger partial charge in [0.1, 0.15) is 0 Å². The zero-order chi connectivity index (χ0) is 15.2. The van der Waals surface area contributed by atoms with Crippen LogP contribution >= 0.6 is 27.5 Å². The van der Waals surface area contributed by atoms with Gasteiger partial charge in [0.15, 0.2) is 11.7 Å². The normalized spacial score (nSPS) is 11.3. The standard InChI is InChI=1S/C16H20BrClN2O/c1-11(2)9-19-7-3-4-16-20-10-15(21-16)13-6-5-12(17)8-14(13)18/h5-6,8,10-11,19H,3-4,7,9H2,1-2H3. The lowest BCUT2D eigenvalue weighted by atomic mass is 10.2. The summed E-state index contributed by atoms with van der Waals surface area (Å²) >= 11 is 9.62. The molecule has 0 saturated carbocycles. The molecule has 0 amide bonds. The third-order valence-electron chi connectivity index (χ3n) is 3.05. The van der Waals surface area contributed by atoms with Crippen LogP contribution in [0.5, 0.6) is 0 Å². The third-order valence-corrected chi connectivity index (χ3v) is 3.85. The summed E-state index contributed by atoms with van der Waals surface area (Å²) in [5, 5.41) is 4.07. The van der Waals surface area contributed by atoms with Crippen LogP contribution in [0.25, 0.3) is 11.3 Å². The minimum absolute atomic E-state index is 0.658. The van der Waals surface area contributed by atoms with E-state index in [1.54, 1.807) is 6.20 Å². The van der Waals surface area contributed by atoms with Gasteiger partial charge >= 0.3 is 0 Å². The Morgan fingerprint density at radius 1 is 1.38 bits per heavy atom. The Hall–Kier alpha value is -0.840. The molecule has 0 fully saturated rings. The van der Waals surface area contributed by atoms with Crippen molar-refractivity contribution in [3.63, 3.8) is 0 Å². The number of hydrogen-bond donors (Lipinski definition) is 1. The van der Waals surface area contributed by atoms with E-state index in [4.69, 9.17) is 16.0 Å². The Bertz CT molecular complexity index is 583. The van der Waals surface area contributed by atoms with Gasteiger partial charge in [-0.05, 0) is 43.6 Å². The van der Waals surface area contributed by atoms with Gasteiger partial charge in [-0.15, -0.1) is 0 Å². The quantitative estimate of drug-likeness (QED) is 0.701. The minimum Gasteiger partial charge on any atom is -0.441 e. The van der Waals surface area contributed by atoms with E-state index in [1.807, 2.05) is 18.2 Å². The predicted octanol–water partition coefficient (Wildman–Crippen LogP) is 4.94. The molecule has 0 aliphatic carbocycles. The number of nitrogens with one attached hydrogen (secondary N) is 1. The first-order valence-electron chi connectivity index (χ1n) is 7.17. The molecule has 21 heavy (non-hydrogen) atoms. The second kappa shape index (κ2) is 7.97. The molecule has 1 N–H and O–H groups in total. The van der Waals surface area contributed by atoms with Gasteiger partial charge in [-0.25, -0.2) is 4.98 Å². The SMILES string of the molecule is CC(C)CNCCCc1ncc(-c2ccc(Br)cc2Cl)o1. The number of benzene rings is 1. The van der Waals surface area contributed by atoms with Crippen molar-refractivity contribution in [2.24, 2.45) is 5.92 Å². The summed E-state index contributed by atoms with van der Waals surface area (Å²) in [6.07, 6.45) is 3.59. The molecule has 0 radical (unpaired) electrons. The van der Waals surface area contributed by atoms with Crippen LogP contribution in [0.3, 0.4) is 0 Å². The maximum absolute atomic E-state index is 6.22. The van der Waals surface area contributed by atoms with E-state index in [-0.39, 0.29) is 0 Å². The van der Waals surface area contributed by atoms with Gasteiger partial charge in [0.25, 0.3) is 0 Å². The molecule has 0 aliphatic rings. The highest BCUT2D eigenvalue weighted by Crippen LogP contribution is 2.30. The van der Waals surface area contributed by atoms with Crippen LogP contribution < -0.4 is 5.32 Å². The molecule has 0 atom stereocenters. The van der Waals surface area contributed by atoms with Crippen LogP contribution in [0.1, 0.15) is 26.2 Å². The highest BCUT2D eigenvalue weighted by molar-refractivity contribution is 9.10. The highest BCUT2D eigenvalue weighted by atomic mass is 79.9. The van der Waals surface area contributed by atoms with Crippen LogP contribution in [-0.4, -0.2) is 18.1 Å². The number of oxazole rings is 1. The van der Waals surface area contributed by atoms with Gasteiger partial charge in [-0.2, -0.15) is 0 Å². The Morgan fingerprint density at radius 3 is 2.90 bits per heavy atom. The molecule has 0 saturated heterocycles. The van der Waals surface area contributed by atoms with Gasteiger partial charge in [-0.3, -0.25) is 0 Å². The molecule has 0 bridgehead atoms. The summed E-state index contributed by atoms with van der Waals surface area (Å²) in [4.78, 5) is 4.32. The summed E-state index contributed by atoms with van der Waals surface area (Å²) < 4.78 is 6.73. The smallest absolute Gasteiger partial charge is 0.194 e. The number of aryl methyl sites for hydroxylation is 1. The Labute approximate surface area is 139 Å². The molecule has 1 aromatic heterocycles. The van der Waals surface area contributed by atoms with Crippen molar-refractivity contribution in [1.29, 1.82) is 0 Å². The number of hydrogen-bond acceptors (Lipinski definition) is 3. The van der Waals surface area contributed by atoms with Crippen LogP contribution in [0, 0.1) is 5.92 Å². The van der Waals surface area contributed by atoms with Crippen molar-refractivity contribution in [3.8, 4) is 11.3 Å². The second-order valence-electron chi connectivity index (χ2n) is 5.44. The monoisotopic (exact) mass is 370 g/mol. The van der Waals surface area contributed by atoms with E-state index in [1.165, 1.54) is 0 Å².